The molecule has 0 spiro atoms. The van der Waals surface area contributed by atoms with Gasteiger partial charge in [0.25, 0.3) is 0 Å². The SMILES string of the molecule is OC1(CCC2OCCCO2)CC2CCCC(C1)N2Cc1ccccc1. The molecule has 25 heavy (non-hydrogen) atoms. The van der Waals surface area contributed by atoms with Crippen LogP contribution >= 0.6 is 0 Å². The Bertz CT molecular complexity index is 529. The van der Waals surface area contributed by atoms with Gasteiger partial charge in [-0.1, -0.05) is 36.8 Å². The summed E-state index contributed by atoms with van der Waals surface area (Å²) in [4.78, 5) is 2.65. The molecule has 0 aromatic heterocycles. The van der Waals surface area contributed by atoms with Crippen molar-refractivity contribution in [1.29, 1.82) is 0 Å². The molecule has 0 saturated carbocycles. The van der Waals surface area contributed by atoms with E-state index >= 15 is 0 Å². The smallest absolute Gasteiger partial charge is 0.157 e. The van der Waals surface area contributed by atoms with E-state index in [9.17, 15) is 5.11 Å². The summed E-state index contributed by atoms with van der Waals surface area (Å²) in [7, 11) is 0. The van der Waals surface area contributed by atoms with Crippen LogP contribution in [-0.2, 0) is 16.0 Å². The van der Waals surface area contributed by atoms with Crippen LogP contribution in [0.3, 0.4) is 0 Å². The predicted molar refractivity (Wildman–Crippen MR) is 97.1 cm³/mol. The van der Waals surface area contributed by atoms with Crippen LogP contribution in [0.2, 0.25) is 0 Å². The normalized spacial score (nSPS) is 34.1. The third-order valence-corrected chi connectivity index (χ3v) is 6.19. The second-order valence-corrected chi connectivity index (χ2v) is 8.09. The summed E-state index contributed by atoms with van der Waals surface area (Å²) in [6.07, 6.45) is 7.99. The van der Waals surface area contributed by atoms with Crippen molar-refractivity contribution < 1.29 is 14.6 Å². The number of fused-ring (bicyclic) bond motifs is 2. The number of hydrogen-bond donors (Lipinski definition) is 1. The highest BCUT2D eigenvalue weighted by atomic mass is 16.7. The van der Waals surface area contributed by atoms with Crippen LogP contribution in [0.1, 0.15) is 56.9 Å². The first-order valence-corrected chi connectivity index (χ1v) is 9.97. The molecule has 0 aliphatic carbocycles. The lowest BCUT2D eigenvalue weighted by Gasteiger charge is -2.52. The summed E-state index contributed by atoms with van der Waals surface area (Å²) in [5.41, 5.74) is 0.835. The highest BCUT2D eigenvalue weighted by Crippen LogP contribution is 2.42. The standard InChI is InChI=1S/C21H31NO3/c23-21(11-10-20-24-12-5-13-25-20)14-18-8-4-9-19(15-21)22(18)16-17-6-2-1-3-7-17/h1-3,6-7,18-20,23H,4-5,8-16H2. The minimum absolute atomic E-state index is 0.111. The van der Waals surface area contributed by atoms with Crippen LogP contribution in [0.15, 0.2) is 30.3 Å². The lowest BCUT2D eigenvalue weighted by Crippen LogP contribution is -2.57. The van der Waals surface area contributed by atoms with Gasteiger partial charge in [-0.15, -0.1) is 0 Å². The van der Waals surface area contributed by atoms with E-state index in [2.05, 4.69) is 35.2 Å². The average Bonchev–Trinajstić information content (AvgIpc) is 2.63. The molecule has 3 aliphatic rings. The van der Waals surface area contributed by atoms with Gasteiger partial charge >= 0.3 is 0 Å². The van der Waals surface area contributed by atoms with Crippen LogP contribution in [0.25, 0.3) is 0 Å². The zero-order chi connectivity index (χ0) is 17.1. The Balaban J connectivity index is 1.38. The number of rotatable bonds is 5. The largest absolute Gasteiger partial charge is 0.390 e. The fourth-order valence-electron chi connectivity index (χ4n) is 4.96. The molecule has 2 unspecified atom stereocenters. The Hall–Kier alpha value is -0.940. The van der Waals surface area contributed by atoms with Gasteiger partial charge in [-0.2, -0.15) is 0 Å². The summed E-state index contributed by atoms with van der Waals surface area (Å²) in [5, 5.41) is 11.3. The van der Waals surface area contributed by atoms with Crippen molar-refractivity contribution in [2.75, 3.05) is 13.2 Å². The highest BCUT2D eigenvalue weighted by molar-refractivity contribution is 5.15. The first-order valence-electron chi connectivity index (χ1n) is 9.97. The van der Waals surface area contributed by atoms with E-state index in [-0.39, 0.29) is 6.29 Å². The zero-order valence-electron chi connectivity index (χ0n) is 15.1. The molecule has 138 valence electrons. The van der Waals surface area contributed by atoms with E-state index in [1.165, 1.54) is 24.8 Å². The monoisotopic (exact) mass is 345 g/mol. The molecule has 3 saturated heterocycles. The molecular formula is C21H31NO3. The van der Waals surface area contributed by atoms with E-state index in [0.29, 0.717) is 12.1 Å². The molecule has 0 radical (unpaired) electrons. The summed E-state index contributed by atoms with van der Waals surface area (Å²) >= 11 is 0. The molecule has 4 nitrogen and oxygen atoms in total. The lowest BCUT2D eigenvalue weighted by molar-refractivity contribution is -0.191. The van der Waals surface area contributed by atoms with Crippen molar-refractivity contribution in [2.45, 2.75) is 81.9 Å². The maximum absolute atomic E-state index is 11.3. The maximum atomic E-state index is 11.3. The molecule has 2 bridgehead atoms. The first-order chi connectivity index (χ1) is 12.2. The minimum Gasteiger partial charge on any atom is -0.390 e. The highest BCUT2D eigenvalue weighted by Gasteiger charge is 2.45. The van der Waals surface area contributed by atoms with Crippen molar-refractivity contribution in [3.05, 3.63) is 35.9 Å². The fraction of sp³-hybridized carbons (Fsp3) is 0.714. The van der Waals surface area contributed by atoms with Crippen LogP contribution in [0.4, 0.5) is 0 Å². The van der Waals surface area contributed by atoms with Gasteiger partial charge in [0.15, 0.2) is 6.29 Å². The average molecular weight is 345 g/mol. The van der Waals surface area contributed by atoms with Crippen molar-refractivity contribution in [3.8, 4) is 0 Å². The van der Waals surface area contributed by atoms with Gasteiger partial charge in [0.05, 0.1) is 18.8 Å². The fourth-order valence-corrected chi connectivity index (χ4v) is 4.96. The summed E-state index contributed by atoms with van der Waals surface area (Å²) in [6.45, 7) is 2.60. The number of piperidine rings is 2. The summed E-state index contributed by atoms with van der Waals surface area (Å²) < 4.78 is 11.3. The Kier molecular flexibility index (Phi) is 5.41. The van der Waals surface area contributed by atoms with Crippen LogP contribution in [0, 0.1) is 0 Å². The quantitative estimate of drug-likeness (QED) is 0.887. The van der Waals surface area contributed by atoms with Crippen molar-refractivity contribution in [2.24, 2.45) is 0 Å². The van der Waals surface area contributed by atoms with E-state index in [1.807, 2.05) is 0 Å². The van der Waals surface area contributed by atoms with Gasteiger partial charge in [0.2, 0.25) is 0 Å². The maximum Gasteiger partial charge on any atom is 0.157 e. The number of nitrogens with zero attached hydrogens (tertiary/aromatic N) is 1. The lowest BCUT2D eigenvalue weighted by atomic mass is 9.73. The first kappa shape index (κ1) is 17.5. The van der Waals surface area contributed by atoms with Crippen molar-refractivity contribution in [1.82, 2.24) is 4.90 Å². The van der Waals surface area contributed by atoms with Crippen LogP contribution < -0.4 is 0 Å². The van der Waals surface area contributed by atoms with Gasteiger partial charge in [-0.05, 0) is 44.1 Å². The Labute approximate surface area is 151 Å². The molecule has 2 atom stereocenters. The second kappa shape index (κ2) is 7.75. The zero-order valence-corrected chi connectivity index (χ0v) is 15.1. The minimum atomic E-state index is -0.549. The van der Waals surface area contributed by atoms with E-state index in [4.69, 9.17) is 9.47 Å². The molecule has 1 aromatic rings. The van der Waals surface area contributed by atoms with Crippen molar-refractivity contribution >= 4 is 0 Å². The number of hydrogen-bond acceptors (Lipinski definition) is 4. The summed E-state index contributed by atoms with van der Waals surface area (Å²) in [6, 6.07) is 11.8. The van der Waals surface area contributed by atoms with E-state index in [0.717, 1.165) is 51.9 Å². The van der Waals surface area contributed by atoms with Gasteiger partial charge in [-0.3, -0.25) is 4.90 Å². The Morgan fingerprint density at radius 3 is 2.36 bits per heavy atom. The second-order valence-electron chi connectivity index (χ2n) is 8.09. The molecule has 1 aromatic carbocycles. The topological polar surface area (TPSA) is 41.9 Å². The van der Waals surface area contributed by atoms with Crippen molar-refractivity contribution in [3.63, 3.8) is 0 Å². The third-order valence-electron chi connectivity index (χ3n) is 6.19. The number of benzene rings is 1. The molecule has 3 fully saturated rings. The number of aliphatic hydroxyl groups is 1. The molecule has 3 aliphatic heterocycles. The summed E-state index contributed by atoms with van der Waals surface area (Å²) in [5.74, 6) is 0. The molecular weight excluding hydrogens is 314 g/mol. The van der Waals surface area contributed by atoms with Gasteiger partial charge in [0, 0.05) is 25.0 Å². The number of ether oxygens (including phenoxy) is 2. The van der Waals surface area contributed by atoms with Gasteiger partial charge in [0.1, 0.15) is 0 Å². The van der Waals surface area contributed by atoms with E-state index in [1.54, 1.807) is 0 Å². The van der Waals surface area contributed by atoms with Gasteiger partial charge in [-0.25, -0.2) is 0 Å². The molecule has 1 N–H and O–H groups in total. The van der Waals surface area contributed by atoms with Crippen LogP contribution in [-0.4, -0.2) is 47.2 Å². The third kappa shape index (κ3) is 4.25. The molecule has 0 amide bonds. The molecule has 4 rings (SSSR count). The Morgan fingerprint density at radius 2 is 1.68 bits per heavy atom. The van der Waals surface area contributed by atoms with Gasteiger partial charge < -0.3 is 14.6 Å². The Morgan fingerprint density at radius 1 is 1.00 bits per heavy atom. The van der Waals surface area contributed by atoms with E-state index < -0.39 is 5.60 Å². The predicted octanol–water partition coefficient (Wildman–Crippen LogP) is 3.48. The molecule has 4 heteroatoms. The van der Waals surface area contributed by atoms with Crippen LogP contribution in [0.5, 0.6) is 0 Å². The molecule has 3 heterocycles.